The van der Waals surface area contributed by atoms with Crippen molar-refractivity contribution >= 4 is 5.78 Å². The summed E-state index contributed by atoms with van der Waals surface area (Å²) in [7, 11) is 0. The minimum absolute atomic E-state index is 0.355. The lowest BCUT2D eigenvalue weighted by Crippen LogP contribution is -2.12. The Labute approximate surface area is 123 Å². The molecule has 1 rings (SSSR count). The van der Waals surface area contributed by atoms with Crippen LogP contribution < -0.4 is 5.73 Å². The molecule has 2 N–H and O–H groups in total. The van der Waals surface area contributed by atoms with Crippen molar-refractivity contribution in [3.63, 3.8) is 0 Å². The summed E-state index contributed by atoms with van der Waals surface area (Å²) in [5.74, 6) is 0.973. The molecule has 0 amide bonds. The van der Waals surface area contributed by atoms with Crippen molar-refractivity contribution in [2.75, 3.05) is 6.54 Å². The summed E-state index contributed by atoms with van der Waals surface area (Å²) in [6, 6.07) is 6.38. The van der Waals surface area contributed by atoms with Gasteiger partial charge in [-0.05, 0) is 44.7 Å². The molecule has 0 bridgehead atoms. The van der Waals surface area contributed by atoms with Gasteiger partial charge in [-0.25, -0.2) is 0 Å². The Hall–Kier alpha value is -1.15. The molecule has 2 nitrogen and oxygen atoms in total. The second-order valence-electron chi connectivity index (χ2n) is 5.98. The van der Waals surface area contributed by atoms with Gasteiger partial charge >= 0.3 is 0 Å². The number of hydrogen-bond donors (Lipinski definition) is 1. The van der Waals surface area contributed by atoms with E-state index in [0.717, 1.165) is 24.9 Å². The monoisotopic (exact) mass is 275 g/mol. The Morgan fingerprint density at radius 3 is 2.30 bits per heavy atom. The Morgan fingerprint density at radius 1 is 1.10 bits per heavy atom. The van der Waals surface area contributed by atoms with Crippen LogP contribution in [0.3, 0.4) is 0 Å². The van der Waals surface area contributed by atoms with Gasteiger partial charge in [-0.15, -0.1) is 0 Å². The van der Waals surface area contributed by atoms with Gasteiger partial charge in [0, 0.05) is 12.8 Å². The SMILES string of the molecule is CCCC(CCN)CCC(=O)Cc1cc(C)cc(C)c1. The molecule has 0 radical (unpaired) electrons. The highest BCUT2D eigenvalue weighted by atomic mass is 16.1. The molecular formula is C18H29NO. The first-order valence-electron chi connectivity index (χ1n) is 7.84. The zero-order chi connectivity index (χ0) is 15.0. The van der Waals surface area contributed by atoms with E-state index < -0.39 is 0 Å². The van der Waals surface area contributed by atoms with Crippen molar-refractivity contribution in [2.45, 2.75) is 59.3 Å². The van der Waals surface area contributed by atoms with Gasteiger partial charge in [0.2, 0.25) is 0 Å². The van der Waals surface area contributed by atoms with Gasteiger partial charge in [-0.3, -0.25) is 4.79 Å². The van der Waals surface area contributed by atoms with E-state index in [1.807, 2.05) is 0 Å². The van der Waals surface area contributed by atoms with Gasteiger partial charge in [0.05, 0.1) is 0 Å². The molecule has 0 fully saturated rings. The summed E-state index contributed by atoms with van der Waals surface area (Å²) in [6.45, 7) is 7.09. The molecule has 0 saturated heterocycles. The summed E-state index contributed by atoms with van der Waals surface area (Å²) in [4.78, 5) is 12.1. The standard InChI is InChI=1S/C18H29NO/c1-4-5-16(8-9-19)6-7-18(20)13-17-11-14(2)10-15(3)12-17/h10-12,16H,4-9,13,19H2,1-3H3. The van der Waals surface area contributed by atoms with Crippen LogP contribution in [0.25, 0.3) is 0 Å². The molecule has 1 aromatic rings. The first-order chi connectivity index (χ1) is 9.55. The molecule has 20 heavy (non-hydrogen) atoms. The van der Waals surface area contributed by atoms with E-state index in [0.29, 0.717) is 24.5 Å². The fourth-order valence-electron chi connectivity index (χ4n) is 2.93. The maximum absolute atomic E-state index is 12.1. The normalized spacial score (nSPS) is 12.4. The first-order valence-corrected chi connectivity index (χ1v) is 7.84. The summed E-state index contributed by atoms with van der Waals surface area (Å²) in [5.41, 5.74) is 9.26. The molecular weight excluding hydrogens is 246 g/mol. The third-order valence-electron chi connectivity index (χ3n) is 3.79. The lowest BCUT2D eigenvalue weighted by Gasteiger charge is -2.14. The number of carbonyl (C=O) groups is 1. The predicted molar refractivity (Wildman–Crippen MR) is 85.9 cm³/mol. The van der Waals surface area contributed by atoms with Crippen LogP contribution in [0.4, 0.5) is 0 Å². The van der Waals surface area contributed by atoms with Crippen molar-refractivity contribution in [1.29, 1.82) is 0 Å². The second-order valence-corrected chi connectivity index (χ2v) is 5.98. The Bertz CT molecular complexity index is 399. The minimum Gasteiger partial charge on any atom is -0.330 e. The zero-order valence-electron chi connectivity index (χ0n) is 13.2. The van der Waals surface area contributed by atoms with E-state index in [-0.39, 0.29) is 0 Å². The molecule has 1 atom stereocenters. The maximum Gasteiger partial charge on any atom is 0.137 e. The van der Waals surface area contributed by atoms with E-state index in [4.69, 9.17) is 5.73 Å². The number of nitrogens with two attached hydrogens (primary N) is 1. The third kappa shape index (κ3) is 6.33. The Kier molecular flexibility index (Phi) is 7.53. The number of carbonyl (C=O) groups excluding carboxylic acids is 1. The van der Waals surface area contributed by atoms with E-state index in [1.54, 1.807) is 0 Å². The lowest BCUT2D eigenvalue weighted by molar-refractivity contribution is -0.118. The van der Waals surface area contributed by atoms with Gasteiger partial charge in [-0.1, -0.05) is 49.1 Å². The number of benzene rings is 1. The Morgan fingerprint density at radius 2 is 1.75 bits per heavy atom. The number of ketones is 1. The second kappa shape index (κ2) is 8.91. The van der Waals surface area contributed by atoms with Gasteiger partial charge in [0.15, 0.2) is 0 Å². The smallest absolute Gasteiger partial charge is 0.137 e. The number of rotatable bonds is 9. The van der Waals surface area contributed by atoms with E-state index in [2.05, 4.69) is 39.0 Å². The minimum atomic E-state index is 0.355. The van der Waals surface area contributed by atoms with Gasteiger partial charge in [0.25, 0.3) is 0 Å². The van der Waals surface area contributed by atoms with Crippen LogP contribution >= 0.6 is 0 Å². The largest absolute Gasteiger partial charge is 0.330 e. The molecule has 0 saturated carbocycles. The first kappa shape index (κ1) is 16.9. The molecule has 0 aliphatic heterocycles. The van der Waals surface area contributed by atoms with Crippen molar-refractivity contribution in [1.82, 2.24) is 0 Å². The fraction of sp³-hybridized carbons (Fsp3) is 0.611. The summed E-state index contributed by atoms with van der Waals surface area (Å²) in [5, 5.41) is 0. The van der Waals surface area contributed by atoms with Crippen LogP contribution in [0.15, 0.2) is 18.2 Å². The average Bonchev–Trinajstić information content (AvgIpc) is 2.35. The van der Waals surface area contributed by atoms with Crippen molar-refractivity contribution in [3.8, 4) is 0 Å². The highest BCUT2D eigenvalue weighted by Crippen LogP contribution is 2.18. The average molecular weight is 275 g/mol. The quantitative estimate of drug-likeness (QED) is 0.741. The molecule has 0 spiro atoms. The molecule has 2 heteroatoms. The number of hydrogen-bond acceptors (Lipinski definition) is 2. The Balaban J connectivity index is 2.46. The number of aryl methyl sites for hydroxylation is 2. The summed E-state index contributed by atoms with van der Waals surface area (Å²) >= 11 is 0. The van der Waals surface area contributed by atoms with Crippen LogP contribution in [-0.2, 0) is 11.2 Å². The summed E-state index contributed by atoms with van der Waals surface area (Å²) in [6.07, 6.45) is 5.67. The zero-order valence-corrected chi connectivity index (χ0v) is 13.2. The van der Waals surface area contributed by atoms with Gasteiger partial charge in [0.1, 0.15) is 5.78 Å². The lowest BCUT2D eigenvalue weighted by atomic mass is 9.92. The molecule has 0 aliphatic rings. The maximum atomic E-state index is 12.1. The van der Waals surface area contributed by atoms with Crippen molar-refractivity contribution in [2.24, 2.45) is 11.7 Å². The van der Waals surface area contributed by atoms with Crippen molar-refractivity contribution < 1.29 is 4.79 Å². The van der Waals surface area contributed by atoms with Crippen LogP contribution in [0.2, 0.25) is 0 Å². The molecule has 0 aliphatic carbocycles. The van der Waals surface area contributed by atoms with Crippen molar-refractivity contribution in [3.05, 3.63) is 34.9 Å². The number of Topliss-reactive ketones (excluding diaryl/α,β-unsaturated/α-hetero) is 1. The highest BCUT2D eigenvalue weighted by molar-refractivity contribution is 5.80. The van der Waals surface area contributed by atoms with Crippen LogP contribution in [0.5, 0.6) is 0 Å². The van der Waals surface area contributed by atoms with E-state index in [1.165, 1.54) is 24.0 Å². The van der Waals surface area contributed by atoms with Crippen LogP contribution in [-0.4, -0.2) is 12.3 Å². The fourth-order valence-corrected chi connectivity index (χ4v) is 2.93. The molecule has 1 unspecified atom stereocenters. The van der Waals surface area contributed by atoms with Crippen LogP contribution in [0.1, 0.15) is 55.7 Å². The molecule has 0 heterocycles. The topological polar surface area (TPSA) is 43.1 Å². The van der Waals surface area contributed by atoms with E-state index >= 15 is 0 Å². The molecule has 0 aromatic heterocycles. The summed E-state index contributed by atoms with van der Waals surface area (Å²) < 4.78 is 0. The van der Waals surface area contributed by atoms with Gasteiger partial charge < -0.3 is 5.73 Å². The molecule has 112 valence electrons. The van der Waals surface area contributed by atoms with Crippen LogP contribution in [0, 0.1) is 19.8 Å². The molecule has 1 aromatic carbocycles. The van der Waals surface area contributed by atoms with E-state index in [9.17, 15) is 4.79 Å². The third-order valence-corrected chi connectivity index (χ3v) is 3.79. The van der Waals surface area contributed by atoms with Gasteiger partial charge in [-0.2, -0.15) is 0 Å². The predicted octanol–water partition coefficient (Wildman–Crippen LogP) is 3.96. The highest BCUT2D eigenvalue weighted by Gasteiger charge is 2.11.